The number of rotatable bonds is 3. The Bertz CT molecular complexity index is 302. The Morgan fingerprint density at radius 3 is 2.69 bits per heavy atom. The molecule has 70 valence electrons. The highest BCUT2D eigenvalue weighted by molar-refractivity contribution is 5.42. The van der Waals surface area contributed by atoms with Crippen LogP contribution in [0.3, 0.4) is 0 Å². The van der Waals surface area contributed by atoms with Crippen LogP contribution in [0.5, 0.6) is 5.75 Å². The topological polar surface area (TPSA) is 72.6 Å². The van der Waals surface area contributed by atoms with Gasteiger partial charge in [-0.25, -0.2) is 0 Å². The zero-order chi connectivity index (χ0) is 9.84. The molecule has 0 aromatic heterocycles. The normalized spacial score (nSPS) is 9.69. The summed E-state index contributed by atoms with van der Waals surface area (Å²) >= 11 is 0. The van der Waals surface area contributed by atoms with Gasteiger partial charge in [-0.1, -0.05) is 0 Å². The van der Waals surface area contributed by atoms with Crippen LogP contribution in [-0.2, 0) is 6.61 Å². The molecular formula is C8H9NO4. The first-order valence-corrected chi connectivity index (χ1v) is 3.60. The molecule has 5 heteroatoms. The number of hydrogen-bond acceptors (Lipinski definition) is 4. The number of ether oxygens (including phenoxy) is 1. The van der Waals surface area contributed by atoms with E-state index < -0.39 is 4.92 Å². The summed E-state index contributed by atoms with van der Waals surface area (Å²) in [5.74, 6) is 0.373. The molecule has 0 bridgehead atoms. The highest BCUT2D eigenvalue weighted by Gasteiger charge is 2.09. The predicted octanol–water partition coefficient (Wildman–Crippen LogP) is 1.10. The van der Waals surface area contributed by atoms with Gasteiger partial charge >= 0.3 is 0 Å². The lowest BCUT2D eigenvalue weighted by Crippen LogP contribution is -1.93. The molecule has 0 aliphatic rings. The number of methoxy groups -OCH3 is 1. The van der Waals surface area contributed by atoms with Crippen LogP contribution in [0.1, 0.15) is 5.56 Å². The Morgan fingerprint density at radius 2 is 2.23 bits per heavy atom. The number of nitro groups is 1. The third kappa shape index (κ3) is 2.16. The minimum atomic E-state index is -0.526. The Morgan fingerprint density at radius 1 is 1.54 bits per heavy atom. The summed E-state index contributed by atoms with van der Waals surface area (Å²) < 4.78 is 4.83. The molecule has 5 nitrogen and oxygen atoms in total. The molecular weight excluding hydrogens is 174 g/mol. The van der Waals surface area contributed by atoms with Crippen LogP contribution in [0.25, 0.3) is 0 Å². The fourth-order valence-corrected chi connectivity index (χ4v) is 0.958. The second-order valence-electron chi connectivity index (χ2n) is 2.45. The number of aliphatic hydroxyl groups is 1. The molecule has 1 N–H and O–H groups in total. The van der Waals surface area contributed by atoms with E-state index in [2.05, 4.69) is 0 Å². The summed E-state index contributed by atoms with van der Waals surface area (Å²) in [6, 6.07) is 4.16. The molecule has 0 aliphatic carbocycles. The lowest BCUT2D eigenvalue weighted by atomic mass is 10.2. The van der Waals surface area contributed by atoms with E-state index in [-0.39, 0.29) is 12.3 Å². The summed E-state index contributed by atoms with van der Waals surface area (Å²) in [5, 5.41) is 19.2. The maximum Gasteiger partial charge on any atom is 0.273 e. The van der Waals surface area contributed by atoms with Crippen molar-refractivity contribution in [3.63, 3.8) is 0 Å². The monoisotopic (exact) mass is 183 g/mol. The van der Waals surface area contributed by atoms with Gasteiger partial charge < -0.3 is 9.84 Å². The first-order valence-electron chi connectivity index (χ1n) is 3.60. The molecule has 0 saturated heterocycles. The molecule has 0 aliphatic heterocycles. The van der Waals surface area contributed by atoms with E-state index in [0.29, 0.717) is 11.3 Å². The van der Waals surface area contributed by atoms with Crippen molar-refractivity contribution in [3.05, 3.63) is 33.9 Å². The molecule has 0 unspecified atom stereocenters. The summed E-state index contributed by atoms with van der Waals surface area (Å²) in [6.45, 7) is -0.238. The molecule has 1 aromatic carbocycles. The lowest BCUT2D eigenvalue weighted by molar-refractivity contribution is -0.385. The fourth-order valence-electron chi connectivity index (χ4n) is 0.958. The zero-order valence-electron chi connectivity index (χ0n) is 7.06. The van der Waals surface area contributed by atoms with Gasteiger partial charge in [0.25, 0.3) is 5.69 Å². The molecule has 0 amide bonds. The quantitative estimate of drug-likeness (QED) is 0.562. The van der Waals surface area contributed by atoms with E-state index in [9.17, 15) is 10.1 Å². The summed E-state index contributed by atoms with van der Waals surface area (Å²) in [6.07, 6.45) is 0. The molecule has 0 spiro atoms. The van der Waals surface area contributed by atoms with Crippen LogP contribution in [-0.4, -0.2) is 17.1 Å². The lowest BCUT2D eigenvalue weighted by Gasteiger charge is -2.01. The third-order valence-corrected chi connectivity index (χ3v) is 1.58. The SMILES string of the molecule is COc1cc(CO)cc([N+](=O)[O-])c1. The van der Waals surface area contributed by atoms with Crippen molar-refractivity contribution >= 4 is 5.69 Å². The molecule has 0 saturated carbocycles. The van der Waals surface area contributed by atoms with E-state index in [1.165, 1.54) is 19.2 Å². The van der Waals surface area contributed by atoms with E-state index in [1.54, 1.807) is 6.07 Å². The van der Waals surface area contributed by atoms with Gasteiger partial charge in [-0.15, -0.1) is 0 Å². The summed E-state index contributed by atoms with van der Waals surface area (Å²) in [5.41, 5.74) is 0.384. The van der Waals surface area contributed by atoms with Crippen molar-refractivity contribution < 1.29 is 14.8 Å². The Labute approximate surface area is 74.7 Å². The smallest absolute Gasteiger partial charge is 0.273 e. The second kappa shape index (κ2) is 3.86. The highest BCUT2D eigenvalue weighted by atomic mass is 16.6. The molecule has 0 fully saturated rings. The standard InChI is InChI=1S/C8H9NO4/c1-13-8-3-6(5-10)2-7(4-8)9(11)12/h2-4,10H,5H2,1H3. The molecule has 0 radical (unpaired) electrons. The van der Waals surface area contributed by atoms with E-state index in [1.807, 2.05) is 0 Å². The number of hydrogen-bond donors (Lipinski definition) is 1. The number of nitro benzene ring substituents is 1. The molecule has 1 aromatic rings. The zero-order valence-corrected chi connectivity index (χ0v) is 7.06. The van der Waals surface area contributed by atoms with E-state index >= 15 is 0 Å². The maximum atomic E-state index is 10.4. The van der Waals surface area contributed by atoms with Gasteiger partial charge in [0.2, 0.25) is 0 Å². The van der Waals surface area contributed by atoms with E-state index in [4.69, 9.17) is 9.84 Å². The number of benzene rings is 1. The van der Waals surface area contributed by atoms with Crippen LogP contribution >= 0.6 is 0 Å². The first-order chi connectivity index (χ1) is 6.17. The van der Waals surface area contributed by atoms with Gasteiger partial charge in [0.05, 0.1) is 24.7 Å². The molecule has 13 heavy (non-hydrogen) atoms. The molecule has 0 heterocycles. The Balaban J connectivity index is 3.14. The van der Waals surface area contributed by atoms with Gasteiger partial charge in [0, 0.05) is 6.07 Å². The van der Waals surface area contributed by atoms with Crippen molar-refractivity contribution in [2.75, 3.05) is 7.11 Å². The van der Waals surface area contributed by atoms with Gasteiger partial charge in [0.1, 0.15) is 5.75 Å². The average molecular weight is 183 g/mol. The minimum Gasteiger partial charge on any atom is -0.496 e. The van der Waals surface area contributed by atoms with Crippen LogP contribution in [0.15, 0.2) is 18.2 Å². The third-order valence-electron chi connectivity index (χ3n) is 1.58. The van der Waals surface area contributed by atoms with Crippen molar-refractivity contribution in [1.29, 1.82) is 0 Å². The first kappa shape index (κ1) is 9.47. The minimum absolute atomic E-state index is 0.0802. The van der Waals surface area contributed by atoms with Crippen LogP contribution < -0.4 is 4.74 Å². The summed E-state index contributed by atoms with van der Waals surface area (Å²) in [7, 11) is 1.42. The largest absolute Gasteiger partial charge is 0.496 e. The molecule has 0 atom stereocenters. The Kier molecular flexibility index (Phi) is 2.81. The van der Waals surface area contributed by atoms with Crippen molar-refractivity contribution in [2.45, 2.75) is 6.61 Å². The number of nitrogens with zero attached hydrogens (tertiary/aromatic N) is 1. The van der Waals surface area contributed by atoms with Crippen molar-refractivity contribution in [3.8, 4) is 5.75 Å². The van der Waals surface area contributed by atoms with Crippen LogP contribution in [0.2, 0.25) is 0 Å². The molecule has 1 rings (SSSR count). The van der Waals surface area contributed by atoms with E-state index in [0.717, 1.165) is 0 Å². The maximum absolute atomic E-state index is 10.4. The fraction of sp³-hybridized carbons (Fsp3) is 0.250. The predicted molar refractivity (Wildman–Crippen MR) is 45.6 cm³/mol. The Hall–Kier alpha value is -1.62. The van der Waals surface area contributed by atoms with Gasteiger partial charge in [-0.3, -0.25) is 10.1 Å². The van der Waals surface area contributed by atoms with Gasteiger partial charge in [-0.2, -0.15) is 0 Å². The van der Waals surface area contributed by atoms with Crippen LogP contribution in [0.4, 0.5) is 5.69 Å². The highest BCUT2D eigenvalue weighted by Crippen LogP contribution is 2.22. The number of aliphatic hydroxyl groups excluding tert-OH is 1. The van der Waals surface area contributed by atoms with Gasteiger partial charge in [0.15, 0.2) is 0 Å². The number of non-ortho nitro benzene ring substituents is 1. The van der Waals surface area contributed by atoms with Gasteiger partial charge in [-0.05, 0) is 11.6 Å². The van der Waals surface area contributed by atoms with Crippen LogP contribution in [0, 0.1) is 10.1 Å². The average Bonchev–Trinajstić information content (AvgIpc) is 2.16. The second-order valence-corrected chi connectivity index (χ2v) is 2.45. The van der Waals surface area contributed by atoms with Crippen molar-refractivity contribution in [2.24, 2.45) is 0 Å². The summed E-state index contributed by atoms with van der Waals surface area (Å²) in [4.78, 5) is 9.88. The van der Waals surface area contributed by atoms with Crippen molar-refractivity contribution in [1.82, 2.24) is 0 Å².